The van der Waals surface area contributed by atoms with E-state index in [-0.39, 0.29) is 23.3 Å². The molecular weight excluding hydrogens is 240 g/mol. The Bertz CT molecular complexity index is 396. The molecule has 3 aliphatic rings. The molecule has 0 aromatic heterocycles. The summed E-state index contributed by atoms with van der Waals surface area (Å²) in [5, 5.41) is 3.18. The normalized spacial score (nSPS) is 46.3. The van der Waals surface area contributed by atoms with E-state index in [2.05, 4.69) is 26.1 Å². The van der Waals surface area contributed by atoms with Crippen LogP contribution in [0.3, 0.4) is 0 Å². The van der Waals surface area contributed by atoms with Crippen molar-refractivity contribution in [3.8, 4) is 0 Å². The number of nitrogens with two attached hydrogens (primary N) is 1. The second-order valence-electron chi connectivity index (χ2n) is 7.14. The lowest BCUT2D eigenvalue weighted by Crippen LogP contribution is -2.80. The molecule has 5 unspecified atom stereocenters. The Kier molecular flexibility index (Phi) is 2.95. The van der Waals surface area contributed by atoms with Crippen LogP contribution in [-0.4, -0.2) is 30.2 Å². The minimum Gasteiger partial charge on any atom is -0.377 e. The molecular formula is C15H26N2O2. The van der Waals surface area contributed by atoms with E-state index >= 15 is 0 Å². The zero-order chi connectivity index (χ0) is 13.8. The Labute approximate surface area is 115 Å². The van der Waals surface area contributed by atoms with Crippen LogP contribution in [0.5, 0.6) is 0 Å². The van der Waals surface area contributed by atoms with Crippen LogP contribution < -0.4 is 11.1 Å². The third-order valence-electron chi connectivity index (χ3n) is 5.73. The largest absolute Gasteiger partial charge is 0.377 e. The summed E-state index contributed by atoms with van der Waals surface area (Å²) in [7, 11) is 0. The molecule has 19 heavy (non-hydrogen) atoms. The monoisotopic (exact) mass is 266 g/mol. The van der Waals surface area contributed by atoms with E-state index in [1.807, 2.05) is 0 Å². The van der Waals surface area contributed by atoms with Crippen molar-refractivity contribution in [3.05, 3.63) is 0 Å². The molecule has 1 heterocycles. The fraction of sp³-hybridized carbons (Fsp3) is 0.933. The molecule has 108 valence electrons. The Morgan fingerprint density at radius 3 is 2.89 bits per heavy atom. The molecule has 0 aromatic rings. The maximum Gasteiger partial charge on any atom is 0.241 e. The Hall–Kier alpha value is -0.610. The fourth-order valence-electron chi connectivity index (χ4n) is 4.25. The highest BCUT2D eigenvalue weighted by molar-refractivity contribution is 5.90. The van der Waals surface area contributed by atoms with E-state index in [4.69, 9.17) is 10.5 Å². The highest BCUT2D eigenvalue weighted by atomic mass is 16.5. The zero-order valence-electron chi connectivity index (χ0n) is 12.2. The molecule has 4 heteroatoms. The van der Waals surface area contributed by atoms with Gasteiger partial charge in [-0.2, -0.15) is 0 Å². The quantitative estimate of drug-likeness (QED) is 0.809. The maximum atomic E-state index is 12.6. The lowest BCUT2D eigenvalue weighted by Gasteiger charge is -2.60. The van der Waals surface area contributed by atoms with E-state index in [1.165, 1.54) is 12.8 Å². The van der Waals surface area contributed by atoms with Gasteiger partial charge in [0.1, 0.15) is 5.54 Å². The van der Waals surface area contributed by atoms with E-state index in [1.54, 1.807) is 0 Å². The topological polar surface area (TPSA) is 64.4 Å². The van der Waals surface area contributed by atoms with Crippen molar-refractivity contribution in [2.75, 3.05) is 6.61 Å². The number of nitrogens with one attached hydrogen (secondary N) is 1. The Morgan fingerprint density at radius 1 is 1.47 bits per heavy atom. The van der Waals surface area contributed by atoms with Gasteiger partial charge in [-0.25, -0.2) is 0 Å². The highest BCUT2D eigenvalue weighted by Gasteiger charge is 2.71. The van der Waals surface area contributed by atoms with Crippen LogP contribution >= 0.6 is 0 Å². The molecule has 1 saturated heterocycles. The van der Waals surface area contributed by atoms with Crippen LogP contribution in [0, 0.1) is 17.3 Å². The number of hydrogen-bond donors (Lipinski definition) is 2. The minimum absolute atomic E-state index is 0.0489. The fourth-order valence-corrected chi connectivity index (χ4v) is 4.25. The Balaban J connectivity index is 1.66. The first-order chi connectivity index (χ1) is 8.92. The molecule has 4 nitrogen and oxygen atoms in total. The van der Waals surface area contributed by atoms with Crippen molar-refractivity contribution >= 4 is 5.91 Å². The average molecular weight is 266 g/mol. The minimum atomic E-state index is -0.743. The van der Waals surface area contributed by atoms with Crippen molar-refractivity contribution < 1.29 is 9.53 Å². The summed E-state index contributed by atoms with van der Waals surface area (Å²) in [5.41, 5.74) is 5.51. The number of carbonyl (C=O) groups is 1. The predicted octanol–water partition coefficient (Wildman–Crippen LogP) is 1.43. The first-order valence-corrected chi connectivity index (χ1v) is 7.64. The molecule has 1 amide bonds. The molecule has 2 saturated carbocycles. The van der Waals surface area contributed by atoms with Gasteiger partial charge in [0.05, 0.1) is 6.10 Å². The average Bonchev–Trinajstić information content (AvgIpc) is 2.93. The van der Waals surface area contributed by atoms with Crippen LogP contribution in [0.15, 0.2) is 0 Å². The van der Waals surface area contributed by atoms with Crippen LogP contribution in [0.4, 0.5) is 0 Å². The summed E-state index contributed by atoms with van der Waals surface area (Å²) >= 11 is 0. The number of amides is 1. The number of carbonyl (C=O) groups excluding carboxylic acids is 1. The zero-order valence-corrected chi connectivity index (χ0v) is 12.2. The van der Waals surface area contributed by atoms with E-state index in [0.29, 0.717) is 12.0 Å². The molecule has 5 atom stereocenters. The van der Waals surface area contributed by atoms with E-state index < -0.39 is 5.54 Å². The number of hydrogen-bond acceptors (Lipinski definition) is 3. The van der Waals surface area contributed by atoms with Crippen molar-refractivity contribution in [2.24, 2.45) is 23.0 Å². The van der Waals surface area contributed by atoms with Crippen molar-refractivity contribution in [2.45, 2.75) is 64.1 Å². The van der Waals surface area contributed by atoms with Crippen LogP contribution in [0.2, 0.25) is 0 Å². The molecule has 3 N–H and O–H groups in total. The van der Waals surface area contributed by atoms with Gasteiger partial charge in [-0.15, -0.1) is 0 Å². The summed E-state index contributed by atoms with van der Waals surface area (Å²) in [6.45, 7) is 7.06. The third-order valence-corrected chi connectivity index (χ3v) is 5.73. The molecule has 3 fully saturated rings. The van der Waals surface area contributed by atoms with Gasteiger partial charge in [0.15, 0.2) is 0 Å². The molecule has 2 aliphatic carbocycles. The molecule has 0 radical (unpaired) electrons. The standard InChI is InChI=1S/C15H26N2O2/c1-4-5-9-8-11(9)17-13(18)15(16)10-6-7-19-12(10)14(15,2)3/h9-12H,4-8,16H2,1-3H3,(H,17,18). The summed E-state index contributed by atoms with van der Waals surface area (Å²) < 4.78 is 5.73. The third kappa shape index (κ3) is 1.69. The lowest BCUT2D eigenvalue weighted by molar-refractivity contribution is -0.175. The van der Waals surface area contributed by atoms with Crippen LogP contribution in [0.25, 0.3) is 0 Å². The van der Waals surface area contributed by atoms with E-state index in [9.17, 15) is 4.79 Å². The number of ether oxygens (including phenoxy) is 1. The second kappa shape index (κ2) is 4.19. The molecule has 1 aliphatic heterocycles. The predicted molar refractivity (Wildman–Crippen MR) is 73.5 cm³/mol. The Morgan fingerprint density at radius 2 is 2.21 bits per heavy atom. The molecule has 0 aromatic carbocycles. The molecule has 0 bridgehead atoms. The van der Waals surface area contributed by atoms with Crippen LogP contribution in [0.1, 0.15) is 46.5 Å². The van der Waals surface area contributed by atoms with Gasteiger partial charge in [-0.1, -0.05) is 27.2 Å². The van der Waals surface area contributed by atoms with E-state index in [0.717, 1.165) is 19.4 Å². The molecule has 3 rings (SSSR count). The van der Waals surface area contributed by atoms with Gasteiger partial charge >= 0.3 is 0 Å². The van der Waals surface area contributed by atoms with Gasteiger partial charge in [0.2, 0.25) is 5.91 Å². The van der Waals surface area contributed by atoms with Gasteiger partial charge in [0.25, 0.3) is 0 Å². The lowest BCUT2D eigenvalue weighted by atomic mass is 9.48. The van der Waals surface area contributed by atoms with Crippen molar-refractivity contribution in [1.29, 1.82) is 0 Å². The number of rotatable bonds is 4. The summed E-state index contributed by atoms with van der Waals surface area (Å²) in [4.78, 5) is 12.6. The first kappa shape index (κ1) is 13.4. The summed E-state index contributed by atoms with van der Waals surface area (Å²) in [6, 6.07) is 0.366. The van der Waals surface area contributed by atoms with Crippen LogP contribution in [-0.2, 0) is 9.53 Å². The van der Waals surface area contributed by atoms with Gasteiger partial charge in [-0.3, -0.25) is 4.79 Å². The van der Waals surface area contributed by atoms with Gasteiger partial charge < -0.3 is 15.8 Å². The summed E-state index contributed by atoms with van der Waals surface area (Å²) in [6.07, 6.45) is 4.60. The second-order valence-corrected chi connectivity index (χ2v) is 7.14. The van der Waals surface area contributed by atoms with Crippen molar-refractivity contribution in [1.82, 2.24) is 5.32 Å². The maximum absolute atomic E-state index is 12.6. The van der Waals surface area contributed by atoms with Crippen molar-refractivity contribution in [3.63, 3.8) is 0 Å². The number of fused-ring (bicyclic) bond motifs is 1. The first-order valence-electron chi connectivity index (χ1n) is 7.64. The molecule has 0 spiro atoms. The highest BCUT2D eigenvalue weighted by Crippen LogP contribution is 2.58. The summed E-state index contributed by atoms with van der Waals surface area (Å²) in [5.74, 6) is 0.926. The smallest absolute Gasteiger partial charge is 0.241 e. The SMILES string of the molecule is CCCC1CC1NC(=O)C1(N)C2CCOC2C1(C)C. The van der Waals surface area contributed by atoms with Gasteiger partial charge in [0, 0.05) is 24.0 Å². The van der Waals surface area contributed by atoms with Gasteiger partial charge in [-0.05, 0) is 25.2 Å².